The van der Waals surface area contributed by atoms with Crippen LogP contribution in [0.2, 0.25) is 0 Å². The molecule has 0 aliphatic heterocycles. The van der Waals surface area contributed by atoms with Gasteiger partial charge in [-0.05, 0) is 50.1 Å². The maximum atomic E-state index is 12.7. The monoisotopic (exact) mass is 451 g/mol. The Kier molecular flexibility index (Phi) is 7.45. The summed E-state index contributed by atoms with van der Waals surface area (Å²) < 4.78 is 17.1. The summed E-state index contributed by atoms with van der Waals surface area (Å²) in [7, 11) is 1.47. The predicted octanol–water partition coefficient (Wildman–Crippen LogP) is 2.64. The van der Waals surface area contributed by atoms with E-state index >= 15 is 0 Å². The molecule has 33 heavy (non-hydrogen) atoms. The summed E-state index contributed by atoms with van der Waals surface area (Å²) in [5, 5.41) is 4.43. The van der Waals surface area contributed by atoms with Gasteiger partial charge in [-0.2, -0.15) is 5.10 Å². The van der Waals surface area contributed by atoms with Crippen molar-refractivity contribution < 1.29 is 19.0 Å². The molecule has 9 nitrogen and oxygen atoms in total. The molecule has 172 valence electrons. The van der Waals surface area contributed by atoms with Crippen molar-refractivity contribution in [2.24, 2.45) is 5.10 Å². The van der Waals surface area contributed by atoms with Crippen molar-refractivity contribution in [2.75, 3.05) is 13.7 Å². The maximum Gasteiger partial charge on any atom is 0.349 e. The van der Waals surface area contributed by atoms with Crippen LogP contribution in [0.25, 0.3) is 10.9 Å². The minimum absolute atomic E-state index is 0.242. The SMILES string of the molecule is C=CCc1cc(C=Nn2c(=O)[nH]c3ccccc3c2=O)cc(OC)c1O[C@@H](C)C(=O)OCC. The number of para-hydroxylation sites is 1. The van der Waals surface area contributed by atoms with Crippen LogP contribution in [0.5, 0.6) is 11.5 Å². The Morgan fingerprint density at radius 3 is 2.73 bits per heavy atom. The molecule has 0 saturated carbocycles. The number of ether oxygens (including phenoxy) is 3. The first-order valence-corrected chi connectivity index (χ1v) is 10.3. The zero-order valence-corrected chi connectivity index (χ0v) is 18.7. The van der Waals surface area contributed by atoms with E-state index in [0.717, 1.165) is 4.68 Å². The van der Waals surface area contributed by atoms with Gasteiger partial charge in [0.1, 0.15) is 0 Å². The zero-order valence-electron chi connectivity index (χ0n) is 18.7. The minimum Gasteiger partial charge on any atom is -0.493 e. The number of aromatic amines is 1. The first kappa shape index (κ1) is 23.5. The molecule has 9 heteroatoms. The third kappa shape index (κ3) is 5.20. The lowest BCUT2D eigenvalue weighted by molar-refractivity contribution is -0.150. The van der Waals surface area contributed by atoms with E-state index in [2.05, 4.69) is 16.7 Å². The number of carbonyl (C=O) groups excluding carboxylic acids is 1. The van der Waals surface area contributed by atoms with Gasteiger partial charge in [0.25, 0.3) is 5.56 Å². The summed E-state index contributed by atoms with van der Waals surface area (Å²) in [4.78, 5) is 39.7. The van der Waals surface area contributed by atoms with Crippen molar-refractivity contribution in [3.63, 3.8) is 0 Å². The number of fused-ring (bicyclic) bond motifs is 1. The lowest BCUT2D eigenvalue weighted by atomic mass is 10.1. The van der Waals surface area contributed by atoms with Crippen molar-refractivity contribution in [3.05, 3.63) is 81.0 Å². The molecule has 1 atom stereocenters. The number of carbonyl (C=O) groups is 1. The van der Waals surface area contributed by atoms with Gasteiger partial charge in [-0.1, -0.05) is 18.2 Å². The van der Waals surface area contributed by atoms with Crippen LogP contribution < -0.4 is 20.7 Å². The lowest BCUT2D eigenvalue weighted by Crippen LogP contribution is -2.32. The van der Waals surface area contributed by atoms with Gasteiger partial charge in [-0.15, -0.1) is 11.3 Å². The number of methoxy groups -OCH3 is 1. The second kappa shape index (κ2) is 10.4. The van der Waals surface area contributed by atoms with E-state index in [0.29, 0.717) is 39.9 Å². The van der Waals surface area contributed by atoms with Crippen LogP contribution in [-0.2, 0) is 16.0 Å². The normalized spacial score (nSPS) is 12.0. The van der Waals surface area contributed by atoms with E-state index < -0.39 is 23.3 Å². The molecular formula is C24H25N3O6. The highest BCUT2D eigenvalue weighted by Gasteiger charge is 2.21. The largest absolute Gasteiger partial charge is 0.493 e. The van der Waals surface area contributed by atoms with Gasteiger partial charge < -0.3 is 19.2 Å². The summed E-state index contributed by atoms with van der Waals surface area (Å²) in [6.07, 6.45) is 2.62. The van der Waals surface area contributed by atoms with Gasteiger partial charge in [0.15, 0.2) is 17.6 Å². The summed E-state index contributed by atoms with van der Waals surface area (Å²) >= 11 is 0. The molecule has 0 fully saturated rings. The minimum atomic E-state index is -0.850. The average Bonchev–Trinajstić information content (AvgIpc) is 2.80. The number of aromatic nitrogens is 2. The molecule has 0 bridgehead atoms. The van der Waals surface area contributed by atoms with Crippen molar-refractivity contribution in [2.45, 2.75) is 26.4 Å². The zero-order chi connectivity index (χ0) is 24.0. The molecule has 0 aliphatic carbocycles. The van der Waals surface area contributed by atoms with Crippen LogP contribution in [0, 0.1) is 0 Å². The van der Waals surface area contributed by atoms with E-state index in [-0.39, 0.29) is 6.61 Å². The topological polar surface area (TPSA) is 112 Å². The van der Waals surface area contributed by atoms with E-state index in [4.69, 9.17) is 14.2 Å². The quantitative estimate of drug-likeness (QED) is 0.304. The Hall–Kier alpha value is -4.14. The van der Waals surface area contributed by atoms with Gasteiger partial charge in [0.05, 0.1) is 30.8 Å². The van der Waals surface area contributed by atoms with Crippen LogP contribution in [0.4, 0.5) is 0 Å². The number of benzene rings is 2. The molecule has 1 aromatic heterocycles. The fourth-order valence-electron chi connectivity index (χ4n) is 3.22. The molecule has 3 rings (SSSR count). The summed E-state index contributed by atoms with van der Waals surface area (Å²) in [6.45, 7) is 7.30. The van der Waals surface area contributed by atoms with E-state index in [9.17, 15) is 14.4 Å². The van der Waals surface area contributed by atoms with Gasteiger partial charge in [0.2, 0.25) is 0 Å². The van der Waals surface area contributed by atoms with Crippen LogP contribution in [0.1, 0.15) is 25.0 Å². The fourth-order valence-corrected chi connectivity index (χ4v) is 3.22. The molecule has 0 radical (unpaired) electrons. The number of allylic oxidation sites excluding steroid dienone is 1. The first-order valence-electron chi connectivity index (χ1n) is 10.3. The Bertz CT molecular complexity index is 1320. The van der Waals surface area contributed by atoms with E-state index in [1.54, 1.807) is 56.3 Å². The lowest BCUT2D eigenvalue weighted by Gasteiger charge is -2.19. The summed E-state index contributed by atoms with van der Waals surface area (Å²) in [5.41, 5.74) is 0.482. The molecule has 0 saturated heterocycles. The van der Waals surface area contributed by atoms with Crippen molar-refractivity contribution in [1.82, 2.24) is 9.66 Å². The standard InChI is InChI=1S/C24H25N3O6/c1-5-9-17-12-16(13-20(31-4)21(17)33-15(3)23(29)32-6-2)14-25-27-22(28)18-10-7-8-11-19(18)26-24(27)30/h5,7-8,10-15H,1,6,9H2,2-4H3,(H,26,30)/t15-/m0/s1. The number of rotatable bonds is 9. The number of hydrogen-bond acceptors (Lipinski definition) is 7. The Morgan fingerprint density at radius 1 is 1.27 bits per heavy atom. The molecule has 2 aromatic carbocycles. The number of hydrogen-bond donors (Lipinski definition) is 1. The van der Waals surface area contributed by atoms with Gasteiger partial charge in [-0.3, -0.25) is 4.79 Å². The molecule has 0 aliphatic rings. The highest BCUT2D eigenvalue weighted by atomic mass is 16.6. The van der Waals surface area contributed by atoms with Crippen molar-refractivity contribution >= 4 is 23.1 Å². The first-order chi connectivity index (χ1) is 15.9. The fraction of sp³-hybridized carbons (Fsp3) is 0.250. The average molecular weight is 451 g/mol. The van der Waals surface area contributed by atoms with Crippen LogP contribution in [0.3, 0.4) is 0 Å². The summed E-state index contributed by atoms with van der Waals surface area (Å²) in [6, 6.07) is 10.1. The van der Waals surface area contributed by atoms with Crippen molar-refractivity contribution in [3.8, 4) is 11.5 Å². The van der Waals surface area contributed by atoms with Gasteiger partial charge in [0, 0.05) is 5.56 Å². The Balaban J connectivity index is 2.02. The third-order valence-electron chi connectivity index (χ3n) is 4.76. The van der Waals surface area contributed by atoms with Gasteiger partial charge in [-0.25, -0.2) is 9.59 Å². The highest BCUT2D eigenvalue weighted by Crippen LogP contribution is 2.34. The van der Waals surface area contributed by atoms with Crippen molar-refractivity contribution in [1.29, 1.82) is 0 Å². The van der Waals surface area contributed by atoms with E-state index in [1.165, 1.54) is 13.3 Å². The Labute approximate surface area is 189 Å². The molecule has 0 spiro atoms. The molecule has 1 N–H and O–H groups in total. The number of esters is 1. The smallest absolute Gasteiger partial charge is 0.349 e. The van der Waals surface area contributed by atoms with Gasteiger partial charge >= 0.3 is 11.7 Å². The van der Waals surface area contributed by atoms with Crippen LogP contribution in [-0.4, -0.2) is 41.7 Å². The molecule has 0 amide bonds. The predicted molar refractivity (Wildman–Crippen MR) is 125 cm³/mol. The van der Waals surface area contributed by atoms with E-state index in [1.807, 2.05) is 0 Å². The second-order valence-electron chi connectivity index (χ2n) is 7.05. The number of H-pyrrole nitrogens is 1. The Morgan fingerprint density at radius 2 is 2.03 bits per heavy atom. The third-order valence-corrected chi connectivity index (χ3v) is 4.76. The molecule has 0 unspecified atom stereocenters. The number of nitrogens with one attached hydrogen (secondary N) is 1. The molecule has 3 aromatic rings. The second-order valence-corrected chi connectivity index (χ2v) is 7.05. The molecule has 1 heterocycles. The van der Waals surface area contributed by atoms with Crippen LogP contribution >= 0.6 is 0 Å². The highest BCUT2D eigenvalue weighted by molar-refractivity contribution is 5.82. The van der Waals surface area contributed by atoms with Crippen LogP contribution in [0.15, 0.2) is 63.7 Å². The number of nitrogens with zero attached hydrogens (tertiary/aromatic N) is 2. The summed E-state index contributed by atoms with van der Waals surface area (Å²) in [5.74, 6) is 0.229. The molecular weight excluding hydrogens is 426 g/mol. The maximum absolute atomic E-state index is 12.7.